The lowest BCUT2D eigenvalue weighted by Crippen LogP contribution is -2.12. The maximum absolute atomic E-state index is 13.1. The lowest BCUT2D eigenvalue weighted by molar-refractivity contribution is 0.0978. The molecule has 0 heterocycles. The number of hydrogen-bond donors (Lipinski definition) is 0. The summed E-state index contributed by atoms with van der Waals surface area (Å²) in [6.07, 6.45) is 0. The van der Waals surface area contributed by atoms with E-state index in [0.29, 0.717) is 9.50 Å². The average Bonchev–Trinajstić information content (AvgIpc) is 2.44. The highest BCUT2D eigenvalue weighted by Crippen LogP contribution is 2.31. The van der Waals surface area contributed by atoms with E-state index in [1.54, 1.807) is 12.1 Å². The first-order valence-electron chi connectivity index (χ1n) is 5.78. The van der Waals surface area contributed by atoms with Crippen LogP contribution >= 0.6 is 39.1 Å². The Balaban J connectivity index is 2.49. The number of nitriles is 1. The smallest absolute Gasteiger partial charge is 0.185 e. The molecule has 2 aromatic carbocycles. The Labute approximate surface area is 139 Å². The highest BCUT2D eigenvalue weighted by Gasteiger charge is 2.26. The summed E-state index contributed by atoms with van der Waals surface area (Å²) in [6, 6.07) is 10.2. The van der Waals surface area contributed by atoms with Crippen LogP contribution in [0.15, 0.2) is 40.9 Å². The minimum absolute atomic E-state index is 0.0352. The molecule has 0 aliphatic heterocycles. The second kappa shape index (κ2) is 6.57. The molecule has 0 fully saturated rings. The van der Waals surface area contributed by atoms with Crippen molar-refractivity contribution in [2.75, 3.05) is 0 Å². The normalized spacial score (nSPS) is 11.8. The van der Waals surface area contributed by atoms with Crippen molar-refractivity contribution in [2.24, 2.45) is 0 Å². The van der Waals surface area contributed by atoms with E-state index in [2.05, 4.69) is 15.9 Å². The SMILES string of the molecule is N#CC(C(=O)c1cc(Cl)ccc1Br)c1ccc(F)cc1Cl. The van der Waals surface area contributed by atoms with Crippen molar-refractivity contribution in [2.45, 2.75) is 5.92 Å². The molecule has 0 saturated heterocycles. The molecule has 0 aromatic heterocycles. The Morgan fingerprint density at radius 1 is 1.24 bits per heavy atom. The molecule has 0 aliphatic carbocycles. The maximum atomic E-state index is 13.1. The van der Waals surface area contributed by atoms with E-state index in [-0.39, 0.29) is 16.1 Å². The second-order valence-electron chi connectivity index (χ2n) is 4.22. The van der Waals surface area contributed by atoms with Gasteiger partial charge in [-0.3, -0.25) is 4.79 Å². The zero-order chi connectivity index (χ0) is 15.6. The molecule has 2 rings (SSSR count). The van der Waals surface area contributed by atoms with Gasteiger partial charge < -0.3 is 0 Å². The van der Waals surface area contributed by atoms with Gasteiger partial charge in [0, 0.05) is 20.1 Å². The lowest BCUT2D eigenvalue weighted by atomic mass is 9.92. The van der Waals surface area contributed by atoms with Crippen molar-refractivity contribution in [3.8, 4) is 6.07 Å². The Hall–Kier alpha value is -1.41. The average molecular weight is 387 g/mol. The molecule has 6 heteroatoms. The molecule has 0 bridgehead atoms. The molecular weight excluding hydrogens is 380 g/mol. The zero-order valence-corrected chi connectivity index (χ0v) is 13.5. The molecule has 106 valence electrons. The zero-order valence-electron chi connectivity index (χ0n) is 10.4. The first-order valence-corrected chi connectivity index (χ1v) is 7.32. The van der Waals surface area contributed by atoms with Crippen LogP contribution < -0.4 is 0 Å². The molecule has 0 aliphatic rings. The minimum Gasteiger partial charge on any atom is -0.292 e. The van der Waals surface area contributed by atoms with E-state index in [0.717, 1.165) is 12.1 Å². The molecule has 1 unspecified atom stereocenters. The van der Waals surface area contributed by atoms with Crippen molar-refractivity contribution < 1.29 is 9.18 Å². The fourth-order valence-corrected chi connectivity index (χ4v) is 2.74. The van der Waals surface area contributed by atoms with Gasteiger partial charge in [-0.1, -0.05) is 45.2 Å². The molecule has 2 nitrogen and oxygen atoms in total. The number of halogens is 4. The van der Waals surface area contributed by atoms with E-state index in [9.17, 15) is 14.4 Å². The summed E-state index contributed by atoms with van der Waals surface area (Å²) >= 11 is 15.0. The molecule has 2 aromatic rings. The highest BCUT2D eigenvalue weighted by atomic mass is 79.9. The van der Waals surface area contributed by atoms with Crippen LogP contribution in [0.25, 0.3) is 0 Å². The number of benzene rings is 2. The van der Waals surface area contributed by atoms with Crippen LogP contribution in [0.5, 0.6) is 0 Å². The number of nitrogens with zero attached hydrogens (tertiary/aromatic N) is 1. The fourth-order valence-electron chi connectivity index (χ4n) is 1.85. The van der Waals surface area contributed by atoms with Gasteiger partial charge in [0.15, 0.2) is 5.78 Å². The topological polar surface area (TPSA) is 40.9 Å². The van der Waals surface area contributed by atoms with Gasteiger partial charge in [0.05, 0.1) is 6.07 Å². The van der Waals surface area contributed by atoms with Crippen LogP contribution in [0.3, 0.4) is 0 Å². The first kappa shape index (κ1) is 16.0. The molecule has 1 atom stereocenters. The third-order valence-electron chi connectivity index (χ3n) is 2.86. The van der Waals surface area contributed by atoms with E-state index in [4.69, 9.17) is 23.2 Å². The van der Waals surface area contributed by atoms with E-state index >= 15 is 0 Å². The standard InChI is InChI=1S/C15H7BrCl2FNO/c16-13-4-1-8(17)5-11(13)15(21)12(7-20)10-3-2-9(19)6-14(10)18/h1-6,12H. The Kier molecular flexibility index (Phi) is 5.00. The van der Waals surface area contributed by atoms with Crippen molar-refractivity contribution in [1.82, 2.24) is 0 Å². The van der Waals surface area contributed by atoms with Crippen LogP contribution in [-0.2, 0) is 0 Å². The molecule has 0 spiro atoms. The van der Waals surface area contributed by atoms with Crippen molar-refractivity contribution in [1.29, 1.82) is 5.26 Å². The number of carbonyl (C=O) groups excluding carboxylic acids is 1. The summed E-state index contributed by atoms with van der Waals surface area (Å²) < 4.78 is 13.6. The van der Waals surface area contributed by atoms with E-state index in [1.807, 2.05) is 6.07 Å². The van der Waals surface area contributed by atoms with Gasteiger partial charge in [0.25, 0.3) is 0 Å². The molecule has 0 saturated carbocycles. The summed E-state index contributed by atoms with van der Waals surface area (Å²) in [5.74, 6) is -2.12. The van der Waals surface area contributed by atoms with Crippen molar-refractivity contribution >= 4 is 44.9 Å². The monoisotopic (exact) mass is 385 g/mol. The minimum atomic E-state index is -1.13. The number of Topliss-reactive ketones (excluding diaryl/α,β-unsaturated/α-hetero) is 1. The number of ketones is 1. The summed E-state index contributed by atoms with van der Waals surface area (Å²) in [7, 11) is 0. The molecule has 0 amide bonds. The van der Waals surface area contributed by atoms with Crippen LogP contribution in [0, 0.1) is 17.1 Å². The van der Waals surface area contributed by atoms with Crippen molar-refractivity contribution in [3.63, 3.8) is 0 Å². The third-order valence-corrected chi connectivity index (χ3v) is 4.11. The number of hydrogen-bond acceptors (Lipinski definition) is 2. The number of carbonyl (C=O) groups is 1. The predicted molar refractivity (Wildman–Crippen MR) is 83.2 cm³/mol. The summed E-state index contributed by atoms with van der Waals surface area (Å²) in [4.78, 5) is 12.5. The van der Waals surface area contributed by atoms with Gasteiger partial charge in [-0.05, 0) is 35.9 Å². The van der Waals surface area contributed by atoms with Gasteiger partial charge in [0.1, 0.15) is 11.7 Å². The summed E-state index contributed by atoms with van der Waals surface area (Å²) in [5, 5.41) is 9.71. The largest absolute Gasteiger partial charge is 0.292 e. The quantitative estimate of drug-likeness (QED) is 0.664. The van der Waals surface area contributed by atoms with Gasteiger partial charge in [-0.2, -0.15) is 5.26 Å². The van der Waals surface area contributed by atoms with E-state index < -0.39 is 17.5 Å². The molecule has 0 radical (unpaired) electrons. The Bertz CT molecular complexity index is 758. The second-order valence-corrected chi connectivity index (χ2v) is 5.91. The van der Waals surface area contributed by atoms with Crippen molar-refractivity contribution in [3.05, 3.63) is 67.9 Å². The Morgan fingerprint density at radius 3 is 2.57 bits per heavy atom. The van der Waals surface area contributed by atoms with Crippen LogP contribution in [0.4, 0.5) is 4.39 Å². The van der Waals surface area contributed by atoms with Gasteiger partial charge in [-0.25, -0.2) is 4.39 Å². The molecular formula is C15H7BrCl2FNO. The van der Waals surface area contributed by atoms with Gasteiger partial charge in [0.2, 0.25) is 0 Å². The number of rotatable bonds is 3. The van der Waals surface area contributed by atoms with Crippen LogP contribution in [-0.4, -0.2) is 5.78 Å². The van der Waals surface area contributed by atoms with Gasteiger partial charge >= 0.3 is 0 Å². The summed E-state index contributed by atoms with van der Waals surface area (Å²) in [6.45, 7) is 0. The first-order chi connectivity index (χ1) is 9.93. The Morgan fingerprint density at radius 2 is 1.95 bits per heavy atom. The van der Waals surface area contributed by atoms with Crippen LogP contribution in [0.1, 0.15) is 21.8 Å². The van der Waals surface area contributed by atoms with Crippen LogP contribution in [0.2, 0.25) is 10.0 Å². The predicted octanol–water partition coefficient (Wildman–Crippen LogP) is 5.39. The van der Waals surface area contributed by atoms with Gasteiger partial charge in [-0.15, -0.1) is 0 Å². The third kappa shape index (κ3) is 3.44. The molecule has 0 N–H and O–H groups in total. The lowest BCUT2D eigenvalue weighted by Gasteiger charge is -2.12. The summed E-state index contributed by atoms with van der Waals surface area (Å²) in [5.41, 5.74) is 0.534. The molecule has 21 heavy (non-hydrogen) atoms. The fraction of sp³-hybridized carbons (Fsp3) is 0.0667. The van der Waals surface area contributed by atoms with E-state index in [1.165, 1.54) is 12.1 Å². The highest BCUT2D eigenvalue weighted by molar-refractivity contribution is 9.10. The maximum Gasteiger partial charge on any atom is 0.185 e.